The maximum Gasteiger partial charge on any atom is 0.410 e. The van der Waals surface area contributed by atoms with E-state index in [0.717, 1.165) is 58.2 Å². The zero-order chi connectivity index (χ0) is 16.2. The standard InChI is InChI=1S/C17H30N2O3/c1-17(2,3)22-16(21)19-11-8-13(9-12-19)6-7-14-5-4-10-18-15(14)20/h13-14H,4-12H2,1-3H3,(H,18,20)/t14-/m0/s1. The molecule has 2 aliphatic heterocycles. The first-order valence-corrected chi connectivity index (χ1v) is 8.61. The second-order valence-corrected chi connectivity index (χ2v) is 7.62. The van der Waals surface area contributed by atoms with E-state index < -0.39 is 5.60 Å². The van der Waals surface area contributed by atoms with E-state index in [1.165, 1.54) is 0 Å². The van der Waals surface area contributed by atoms with Crippen LogP contribution in [0.1, 0.15) is 59.3 Å². The number of ether oxygens (including phenoxy) is 1. The summed E-state index contributed by atoms with van der Waals surface area (Å²) in [4.78, 5) is 25.6. The lowest BCUT2D eigenvalue weighted by molar-refractivity contribution is -0.126. The average Bonchev–Trinajstić information content (AvgIpc) is 2.45. The third-order valence-electron chi connectivity index (χ3n) is 4.59. The largest absolute Gasteiger partial charge is 0.444 e. The number of carbonyl (C=O) groups excluding carboxylic acids is 2. The van der Waals surface area contributed by atoms with E-state index >= 15 is 0 Å². The second kappa shape index (κ2) is 7.34. The van der Waals surface area contributed by atoms with Gasteiger partial charge in [-0.2, -0.15) is 0 Å². The highest BCUT2D eigenvalue weighted by Gasteiger charge is 2.28. The van der Waals surface area contributed by atoms with Gasteiger partial charge in [0.05, 0.1) is 0 Å². The fourth-order valence-electron chi connectivity index (χ4n) is 3.28. The van der Waals surface area contributed by atoms with Gasteiger partial charge in [0.25, 0.3) is 0 Å². The molecule has 22 heavy (non-hydrogen) atoms. The Labute approximate surface area is 133 Å². The Morgan fingerprint density at radius 1 is 1.23 bits per heavy atom. The lowest BCUT2D eigenvalue weighted by Crippen LogP contribution is -2.42. The van der Waals surface area contributed by atoms with Crippen LogP contribution in [-0.2, 0) is 9.53 Å². The van der Waals surface area contributed by atoms with Crippen LogP contribution in [0.4, 0.5) is 4.79 Å². The van der Waals surface area contributed by atoms with E-state index in [4.69, 9.17) is 4.74 Å². The van der Waals surface area contributed by atoms with Crippen LogP contribution in [0.2, 0.25) is 0 Å². The van der Waals surface area contributed by atoms with E-state index in [1.54, 1.807) is 0 Å². The molecule has 0 unspecified atom stereocenters. The molecule has 2 aliphatic rings. The molecule has 0 spiro atoms. The van der Waals surface area contributed by atoms with Crippen molar-refractivity contribution in [3.63, 3.8) is 0 Å². The SMILES string of the molecule is CC(C)(C)OC(=O)N1CCC(CC[C@@H]2CCCNC2=O)CC1. The van der Waals surface area contributed by atoms with Gasteiger partial charge in [-0.1, -0.05) is 0 Å². The van der Waals surface area contributed by atoms with Crippen LogP contribution in [-0.4, -0.2) is 42.1 Å². The minimum absolute atomic E-state index is 0.197. The summed E-state index contributed by atoms with van der Waals surface area (Å²) in [5.74, 6) is 1.07. The van der Waals surface area contributed by atoms with Crippen LogP contribution in [0, 0.1) is 11.8 Å². The second-order valence-electron chi connectivity index (χ2n) is 7.62. The Kier molecular flexibility index (Phi) is 5.70. The number of nitrogens with zero attached hydrogens (tertiary/aromatic N) is 1. The minimum atomic E-state index is -0.428. The molecule has 0 radical (unpaired) electrons. The van der Waals surface area contributed by atoms with Crippen molar-refractivity contribution in [1.29, 1.82) is 0 Å². The number of hydrogen-bond donors (Lipinski definition) is 1. The lowest BCUT2D eigenvalue weighted by atomic mass is 9.86. The first-order chi connectivity index (χ1) is 10.3. The number of likely N-dealkylation sites (tertiary alicyclic amines) is 1. The molecule has 126 valence electrons. The van der Waals surface area contributed by atoms with Crippen molar-refractivity contribution in [3.05, 3.63) is 0 Å². The summed E-state index contributed by atoms with van der Waals surface area (Å²) >= 11 is 0. The van der Waals surface area contributed by atoms with Crippen molar-refractivity contribution in [2.75, 3.05) is 19.6 Å². The van der Waals surface area contributed by atoms with Gasteiger partial charge in [0.2, 0.25) is 5.91 Å². The van der Waals surface area contributed by atoms with Gasteiger partial charge in [0.1, 0.15) is 5.60 Å². The Morgan fingerprint density at radius 2 is 1.91 bits per heavy atom. The summed E-state index contributed by atoms with van der Waals surface area (Å²) < 4.78 is 5.42. The summed E-state index contributed by atoms with van der Waals surface area (Å²) in [7, 11) is 0. The molecule has 0 aliphatic carbocycles. The maximum atomic E-state index is 12.0. The van der Waals surface area contributed by atoms with Crippen LogP contribution in [0.25, 0.3) is 0 Å². The molecule has 0 aromatic carbocycles. The highest BCUT2D eigenvalue weighted by Crippen LogP contribution is 2.27. The fraction of sp³-hybridized carbons (Fsp3) is 0.882. The molecule has 2 fully saturated rings. The number of amides is 2. The fourth-order valence-corrected chi connectivity index (χ4v) is 3.28. The van der Waals surface area contributed by atoms with Crippen LogP contribution < -0.4 is 5.32 Å². The van der Waals surface area contributed by atoms with Crippen molar-refractivity contribution in [2.45, 2.75) is 64.9 Å². The van der Waals surface area contributed by atoms with Crippen LogP contribution in [0.15, 0.2) is 0 Å². The van der Waals surface area contributed by atoms with Crippen molar-refractivity contribution in [2.24, 2.45) is 11.8 Å². The molecule has 0 saturated carbocycles. The number of rotatable bonds is 3. The smallest absolute Gasteiger partial charge is 0.410 e. The molecule has 5 heteroatoms. The Hall–Kier alpha value is -1.26. The van der Waals surface area contributed by atoms with Gasteiger partial charge in [0.15, 0.2) is 0 Å². The normalized spacial score (nSPS) is 24.0. The predicted molar refractivity (Wildman–Crippen MR) is 85.5 cm³/mol. The zero-order valence-electron chi connectivity index (χ0n) is 14.2. The molecule has 1 N–H and O–H groups in total. The van der Waals surface area contributed by atoms with Crippen molar-refractivity contribution in [3.8, 4) is 0 Å². The van der Waals surface area contributed by atoms with Gasteiger partial charge < -0.3 is 15.0 Å². The summed E-state index contributed by atoms with van der Waals surface area (Å²) in [6.07, 6.45) is 6.07. The van der Waals surface area contributed by atoms with E-state index in [2.05, 4.69) is 5.32 Å². The van der Waals surface area contributed by atoms with Gasteiger partial charge in [-0.3, -0.25) is 4.79 Å². The predicted octanol–water partition coefficient (Wildman–Crippen LogP) is 2.94. The summed E-state index contributed by atoms with van der Waals surface area (Å²) in [6.45, 7) is 8.07. The topological polar surface area (TPSA) is 58.6 Å². The lowest BCUT2D eigenvalue weighted by Gasteiger charge is -2.34. The number of carbonyl (C=O) groups is 2. The molecule has 2 saturated heterocycles. The number of piperidine rings is 2. The summed E-state index contributed by atoms with van der Waals surface area (Å²) in [5.41, 5.74) is -0.428. The van der Waals surface area contributed by atoms with E-state index in [1.807, 2.05) is 25.7 Å². The average molecular weight is 310 g/mol. The van der Waals surface area contributed by atoms with Crippen LogP contribution in [0.5, 0.6) is 0 Å². The molecule has 2 heterocycles. The van der Waals surface area contributed by atoms with Gasteiger partial charge in [0, 0.05) is 25.6 Å². The quantitative estimate of drug-likeness (QED) is 0.872. The minimum Gasteiger partial charge on any atom is -0.444 e. The van der Waals surface area contributed by atoms with Crippen molar-refractivity contribution >= 4 is 12.0 Å². The maximum absolute atomic E-state index is 12.0. The summed E-state index contributed by atoms with van der Waals surface area (Å²) in [6, 6.07) is 0. The van der Waals surface area contributed by atoms with Gasteiger partial charge in [-0.05, 0) is 65.2 Å². The Balaban J connectivity index is 1.68. The number of hydrogen-bond acceptors (Lipinski definition) is 3. The zero-order valence-corrected chi connectivity index (χ0v) is 14.2. The Morgan fingerprint density at radius 3 is 2.50 bits per heavy atom. The third kappa shape index (κ3) is 5.18. The molecule has 0 bridgehead atoms. The molecule has 2 amide bonds. The van der Waals surface area contributed by atoms with E-state index in [9.17, 15) is 9.59 Å². The highest BCUT2D eigenvalue weighted by molar-refractivity contribution is 5.79. The van der Waals surface area contributed by atoms with Gasteiger partial charge >= 0.3 is 6.09 Å². The van der Waals surface area contributed by atoms with Crippen LogP contribution >= 0.6 is 0 Å². The van der Waals surface area contributed by atoms with E-state index in [0.29, 0.717) is 5.92 Å². The summed E-state index contributed by atoms with van der Waals surface area (Å²) in [5, 5.41) is 2.96. The number of nitrogens with one attached hydrogen (secondary N) is 1. The molecular formula is C17H30N2O3. The molecule has 1 atom stereocenters. The molecule has 2 rings (SSSR count). The first kappa shape index (κ1) is 17.1. The first-order valence-electron chi connectivity index (χ1n) is 8.61. The van der Waals surface area contributed by atoms with Gasteiger partial charge in [-0.25, -0.2) is 4.79 Å². The molecular weight excluding hydrogens is 280 g/mol. The molecule has 0 aromatic heterocycles. The highest BCUT2D eigenvalue weighted by atomic mass is 16.6. The Bertz CT molecular complexity index is 395. The molecule has 0 aromatic rings. The van der Waals surface area contributed by atoms with Crippen molar-refractivity contribution in [1.82, 2.24) is 10.2 Å². The van der Waals surface area contributed by atoms with Crippen molar-refractivity contribution < 1.29 is 14.3 Å². The van der Waals surface area contributed by atoms with E-state index in [-0.39, 0.29) is 17.9 Å². The van der Waals surface area contributed by atoms with Gasteiger partial charge in [-0.15, -0.1) is 0 Å². The molecule has 5 nitrogen and oxygen atoms in total. The third-order valence-corrected chi connectivity index (χ3v) is 4.59. The van der Waals surface area contributed by atoms with Crippen LogP contribution in [0.3, 0.4) is 0 Å². The monoisotopic (exact) mass is 310 g/mol.